The molecule has 170 valence electrons. The van der Waals surface area contributed by atoms with Crippen LogP contribution >= 0.6 is 35.0 Å². The van der Waals surface area contributed by atoms with Crippen LogP contribution in [0.4, 0.5) is 5.69 Å². The zero-order valence-electron chi connectivity index (χ0n) is 18.5. The zero-order valence-corrected chi connectivity index (χ0v) is 20.8. The molecule has 10 heteroatoms. The van der Waals surface area contributed by atoms with E-state index in [1.165, 1.54) is 11.8 Å². The van der Waals surface area contributed by atoms with Gasteiger partial charge in [-0.2, -0.15) is 0 Å². The molecule has 2 atom stereocenters. The number of ether oxygens (including phenoxy) is 1. The van der Waals surface area contributed by atoms with Crippen molar-refractivity contribution in [3.63, 3.8) is 0 Å². The standard InChI is InChI=1S/C22H25Cl2N5O2S/c1-13(28(3)4)20-26-27-22(29(20)17-9-6-15(23)7-10-17)32-14(2)21(30)25-16-8-11-19(31-5)18(24)12-16/h6-14H,1-5H3,(H,25,30)/t13-,14+/m0/s1. The van der Waals surface area contributed by atoms with Crippen molar-refractivity contribution in [2.75, 3.05) is 26.5 Å². The molecule has 0 saturated heterocycles. The number of hydrogen-bond donors (Lipinski definition) is 1. The third-order valence-electron chi connectivity index (χ3n) is 4.96. The van der Waals surface area contributed by atoms with Crippen molar-refractivity contribution in [2.45, 2.75) is 30.3 Å². The number of carbonyl (C=O) groups is 1. The number of halogens is 2. The summed E-state index contributed by atoms with van der Waals surface area (Å²) >= 11 is 13.6. The number of aromatic nitrogens is 3. The Hall–Kier alpha value is -2.26. The number of benzene rings is 2. The second-order valence-corrected chi connectivity index (χ2v) is 9.54. The van der Waals surface area contributed by atoms with Crippen molar-refractivity contribution in [1.82, 2.24) is 19.7 Å². The van der Waals surface area contributed by atoms with Crippen LogP contribution in [-0.2, 0) is 4.79 Å². The van der Waals surface area contributed by atoms with E-state index in [0.29, 0.717) is 26.6 Å². The van der Waals surface area contributed by atoms with E-state index in [0.717, 1.165) is 11.5 Å². The fraction of sp³-hybridized carbons (Fsp3) is 0.318. The number of hydrogen-bond acceptors (Lipinski definition) is 6. The lowest BCUT2D eigenvalue weighted by molar-refractivity contribution is -0.115. The minimum Gasteiger partial charge on any atom is -0.495 e. The van der Waals surface area contributed by atoms with Gasteiger partial charge in [-0.15, -0.1) is 10.2 Å². The summed E-state index contributed by atoms with van der Waals surface area (Å²) in [4.78, 5) is 14.9. The van der Waals surface area contributed by atoms with Gasteiger partial charge in [0.1, 0.15) is 5.75 Å². The van der Waals surface area contributed by atoms with Gasteiger partial charge in [-0.05, 0) is 70.4 Å². The Labute approximate surface area is 202 Å². The molecule has 0 bridgehead atoms. The molecule has 32 heavy (non-hydrogen) atoms. The lowest BCUT2D eigenvalue weighted by Crippen LogP contribution is -2.23. The molecule has 1 amide bonds. The average molecular weight is 494 g/mol. The Morgan fingerprint density at radius 3 is 2.41 bits per heavy atom. The van der Waals surface area contributed by atoms with Crippen molar-refractivity contribution in [3.8, 4) is 11.4 Å². The first-order chi connectivity index (χ1) is 15.2. The molecule has 0 saturated carbocycles. The second kappa shape index (κ2) is 10.6. The molecule has 0 unspecified atom stereocenters. The zero-order chi connectivity index (χ0) is 23.4. The van der Waals surface area contributed by atoms with Gasteiger partial charge in [0.2, 0.25) is 5.91 Å². The van der Waals surface area contributed by atoms with Crippen LogP contribution < -0.4 is 10.1 Å². The average Bonchev–Trinajstić information content (AvgIpc) is 3.17. The largest absolute Gasteiger partial charge is 0.495 e. The van der Waals surface area contributed by atoms with Crippen molar-refractivity contribution < 1.29 is 9.53 Å². The van der Waals surface area contributed by atoms with Gasteiger partial charge in [0.15, 0.2) is 11.0 Å². The maximum Gasteiger partial charge on any atom is 0.237 e. The van der Waals surface area contributed by atoms with Crippen LogP contribution in [0.15, 0.2) is 47.6 Å². The Morgan fingerprint density at radius 2 is 1.81 bits per heavy atom. The van der Waals surface area contributed by atoms with Gasteiger partial charge in [-0.25, -0.2) is 0 Å². The second-order valence-electron chi connectivity index (χ2n) is 7.39. The van der Waals surface area contributed by atoms with Gasteiger partial charge in [0.05, 0.1) is 23.4 Å². The van der Waals surface area contributed by atoms with E-state index >= 15 is 0 Å². The van der Waals surface area contributed by atoms with Gasteiger partial charge in [0.25, 0.3) is 0 Å². The van der Waals surface area contributed by atoms with Gasteiger partial charge < -0.3 is 10.1 Å². The van der Waals surface area contributed by atoms with Crippen LogP contribution in [0.1, 0.15) is 25.7 Å². The highest BCUT2D eigenvalue weighted by atomic mass is 35.5. The number of carbonyl (C=O) groups excluding carboxylic acids is 1. The SMILES string of the molecule is COc1ccc(NC(=O)[C@@H](C)Sc2nnc([C@H](C)N(C)C)n2-c2ccc(Cl)cc2)cc1Cl. The summed E-state index contributed by atoms with van der Waals surface area (Å²) in [5.41, 5.74) is 1.47. The van der Waals surface area contributed by atoms with Crippen LogP contribution in [0.25, 0.3) is 5.69 Å². The minimum atomic E-state index is -0.436. The predicted octanol–water partition coefficient (Wildman–Crippen LogP) is 5.32. The number of thioether (sulfide) groups is 1. The van der Waals surface area contributed by atoms with Gasteiger partial charge in [0, 0.05) is 16.4 Å². The quantitative estimate of drug-likeness (QED) is 0.427. The normalized spacial score (nSPS) is 13.1. The van der Waals surface area contributed by atoms with Crippen LogP contribution in [0.2, 0.25) is 10.0 Å². The van der Waals surface area contributed by atoms with Gasteiger partial charge in [-0.3, -0.25) is 14.3 Å². The summed E-state index contributed by atoms with van der Waals surface area (Å²) in [5.74, 6) is 1.14. The summed E-state index contributed by atoms with van der Waals surface area (Å²) in [7, 11) is 5.50. The van der Waals surface area contributed by atoms with Crippen LogP contribution in [0, 0.1) is 0 Å². The molecule has 2 aromatic carbocycles. The smallest absolute Gasteiger partial charge is 0.237 e. The third kappa shape index (κ3) is 5.56. The molecule has 0 aliphatic rings. The Bertz CT molecular complexity index is 1090. The number of nitrogens with one attached hydrogen (secondary N) is 1. The molecule has 3 aromatic rings. The van der Waals surface area contributed by atoms with Crippen molar-refractivity contribution in [1.29, 1.82) is 0 Å². The van der Waals surface area contributed by atoms with Crippen LogP contribution in [-0.4, -0.2) is 52.0 Å². The van der Waals surface area contributed by atoms with Crippen molar-refractivity contribution >= 4 is 46.6 Å². The monoisotopic (exact) mass is 493 g/mol. The first kappa shape index (κ1) is 24.4. The van der Waals surface area contributed by atoms with E-state index in [4.69, 9.17) is 27.9 Å². The first-order valence-electron chi connectivity index (χ1n) is 9.90. The van der Waals surface area contributed by atoms with Gasteiger partial charge >= 0.3 is 0 Å². The molecule has 7 nitrogen and oxygen atoms in total. The number of methoxy groups -OCH3 is 1. The molecular weight excluding hydrogens is 469 g/mol. The van der Waals surface area contributed by atoms with E-state index < -0.39 is 5.25 Å². The summed E-state index contributed by atoms with van der Waals surface area (Å²) in [6.45, 7) is 3.87. The van der Waals surface area contributed by atoms with Gasteiger partial charge in [-0.1, -0.05) is 35.0 Å². The molecular formula is C22H25Cl2N5O2S. The maximum atomic E-state index is 12.8. The summed E-state index contributed by atoms with van der Waals surface area (Å²) < 4.78 is 7.11. The number of rotatable bonds is 8. The summed E-state index contributed by atoms with van der Waals surface area (Å²) in [6.07, 6.45) is 0. The molecule has 3 rings (SSSR count). The molecule has 0 fully saturated rings. The Kier molecular flexibility index (Phi) is 8.05. The van der Waals surface area contributed by atoms with E-state index in [1.807, 2.05) is 49.9 Å². The fourth-order valence-corrected chi connectivity index (χ4v) is 4.15. The minimum absolute atomic E-state index is 0.0121. The molecule has 1 heterocycles. The molecule has 0 radical (unpaired) electrons. The van der Waals surface area contributed by atoms with Crippen molar-refractivity contribution in [2.24, 2.45) is 0 Å². The molecule has 0 aliphatic heterocycles. The van der Waals surface area contributed by atoms with E-state index in [2.05, 4.69) is 27.3 Å². The lowest BCUT2D eigenvalue weighted by atomic mass is 10.2. The summed E-state index contributed by atoms with van der Waals surface area (Å²) in [6, 6.07) is 12.6. The molecule has 0 aliphatic carbocycles. The molecule has 1 N–H and O–H groups in total. The van der Waals surface area contributed by atoms with E-state index in [1.54, 1.807) is 25.3 Å². The first-order valence-corrected chi connectivity index (χ1v) is 11.5. The van der Waals surface area contributed by atoms with Crippen LogP contribution in [0.5, 0.6) is 5.75 Å². The lowest BCUT2D eigenvalue weighted by Gasteiger charge is -2.21. The van der Waals surface area contributed by atoms with Crippen LogP contribution in [0.3, 0.4) is 0 Å². The highest BCUT2D eigenvalue weighted by Gasteiger charge is 2.24. The fourth-order valence-electron chi connectivity index (χ4n) is 2.89. The number of amides is 1. The Morgan fingerprint density at radius 1 is 1.12 bits per heavy atom. The molecule has 0 spiro atoms. The predicted molar refractivity (Wildman–Crippen MR) is 130 cm³/mol. The third-order valence-corrected chi connectivity index (χ3v) is 6.55. The molecule has 1 aromatic heterocycles. The highest BCUT2D eigenvalue weighted by Crippen LogP contribution is 2.31. The highest BCUT2D eigenvalue weighted by molar-refractivity contribution is 8.00. The number of anilines is 1. The number of nitrogens with zero attached hydrogens (tertiary/aromatic N) is 4. The summed E-state index contributed by atoms with van der Waals surface area (Å²) in [5, 5.41) is 12.9. The van der Waals surface area contributed by atoms with E-state index in [9.17, 15) is 4.79 Å². The Balaban J connectivity index is 1.85. The maximum absolute atomic E-state index is 12.8. The topological polar surface area (TPSA) is 72.3 Å². The van der Waals surface area contributed by atoms with E-state index in [-0.39, 0.29) is 11.9 Å². The van der Waals surface area contributed by atoms with Crippen molar-refractivity contribution in [3.05, 3.63) is 58.3 Å².